The minimum atomic E-state index is -0.0942. The molecule has 1 aliphatic heterocycles. The van der Waals surface area contributed by atoms with Crippen LogP contribution in [0.5, 0.6) is 0 Å². The summed E-state index contributed by atoms with van der Waals surface area (Å²) in [7, 11) is 0. The SMILES string of the molecule is NCC(c1ccc(Br)cc1)N1CCOC(CO)C1. The monoisotopic (exact) mass is 314 g/mol. The number of halogens is 1. The lowest BCUT2D eigenvalue weighted by Gasteiger charge is -2.37. The number of ether oxygens (including phenoxy) is 1. The van der Waals surface area contributed by atoms with Crippen LogP contribution < -0.4 is 5.73 Å². The van der Waals surface area contributed by atoms with Gasteiger partial charge in [-0.2, -0.15) is 0 Å². The van der Waals surface area contributed by atoms with E-state index in [9.17, 15) is 5.11 Å². The van der Waals surface area contributed by atoms with Crippen molar-refractivity contribution in [3.05, 3.63) is 34.3 Å². The highest BCUT2D eigenvalue weighted by Gasteiger charge is 2.26. The molecule has 0 spiro atoms. The summed E-state index contributed by atoms with van der Waals surface area (Å²) in [5, 5.41) is 9.18. The third kappa shape index (κ3) is 3.30. The van der Waals surface area contributed by atoms with Gasteiger partial charge in [0.25, 0.3) is 0 Å². The first-order valence-electron chi connectivity index (χ1n) is 6.16. The van der Waals surface area contributed by atoms with Crippen LogP contribution in [0.2, 0.25) is 0 Å². The summed E-state index contributed by atoms with van der Waals surface area (Å²) in [4.78, 5) is 2.29. The number of aliphatic hydroxyl groups excluding tert-OH is 1. The second-order valence-electron chi connectivity index (χ2n) is 4.47. The Morgan fingerprint density at radius 3 is 2.78 bits per heavy atom. The molecule has 3 N–H and O–H groups in total. The van der Waals surface area contributed by atoms with E-state index in [-0.39, 0.29) is 18.8 Å². The molecule has 1 aliphatic rings. The molecule has 0 aliphatic carbocycles. The molecule has 2 atom stereocenters. The maximum Gasteiger partial charge on any atom is 0.0933 e. The molecule has 1 aromatic rings. The first-order valence-corrected chi connectivity index (χ1v) is 6.96. The molecule has 1 fully saturated rings. The zero-order chi connectivity index (χ0) is 13.0. The average Bonchev–Trinajstić information content (AvgIpc) is 2.42. The van der Waals surface area contributed by atoms with Crippen LogP contribution in [0.25, 0.3) is 0 Å². The third-order valence-electron chi connectivity index (χ3n) is 3.29. The van der Waals surface area contributed by atoms with E-state index in [0.29, 0.717) is 13.2 Å². The van der Waals surface area contributed by atoms with Gasteiger partial charge in [-0.3, -0.25) is 4.90 Å². The molecule has 0 radical (unpaired) electrons. The molecule has 0 amide bonds. The van der Waals surface area contributed by atoms with Crippen LogP contribution in [-0.4, -0.2) is 49.0 Å². The Morgan fingerprint density at radius 1 is 1.44 bits per heavy atom. The van der Waals surface area contributed by atoms with Crippen LogP contribution >= 0.6 is 15.9 Å². The predicted octanol–water partition coefficient (Wildman–Crippen LogP) is 1.14. The number of hydrogen-bond donors (Lipinski definition) is 2. The summed E-state index contributed by atoms with van der Waals surface area (Å²) in [5.41, 5.74) is 7.11. The summed E-state index contributed by atoms with van der Waals surface area (Å²) in [6.07, 6.45) is -0.0942. The minimum Gasteiger partial charge on any atom is -0.394 e. The number of aliphatic hydroxyl groups is 1. The van der Waals surface area contributed by atoms with Crippen molar-refractivity contribution in [2.24, 2.45) is 5.73 Å². The molecular formula is C13H19BrN2O2. The average molecular weight is 315 g/mol. The largest absolute Gasteiger partial charge is 0.394 e. The second kappa shape index (κ2) is 6.63. The van der Waals surface area contributed by atoms with Gasteiger partial charge in [-0.05, 0) is 17.7 Å². The number of benzene rings is 1. The van der Waals surface area contributed by atoms with E-state index in [1.165, 1.54) is 5.56 Å². The Bertz CT molecular complexity index is 372. The minimum absolute atomic E-state index is 0.0636. The summed E-state index contributed by atoms with van der Waals surface area (Å²) in [5.74, 6) is 0. The quantitative estimate of drug-likeness (QED) is 0.875. The van der Waals surface area contributed by atoms with Gasteiger partial charge in [0.05, 0.1) is 19.3 Å². The normalized spacial score (nSPS) is 22.9. The summed E-state index contributed by atoms with van der Waals surface area (Å²) >= 11 is 3.44. The highest BCUT2D eigenvalue weighted by Crippen LogP contribution is 2.23. The van der Waals surface area contributed by atoms with E-state index in [2.05, 4.69) is 33.0 Å². The lowest BCUT2D eigenvalue weighted by Crippen LogP contribution is -2.47. The number of hydrogen-bond acceptors (Lipinski definition) is 4. The van der Waals surface area contributed by atoms with Gasteiger partial charge in [0, 0.05) is 30.1 Å². The third-order valence-corrected chi connectivity index (χ3v) is 3.82. The molecule has 0 aromatic heterocycles. The van der Waals surface area contributed by atoms with Gasteiger partial charge >= 0.3 is 0 Å². The van der Waals surface area contributed by atoms with Crippen molar-refractivity contribution < 1.29 is 9.84 Å². The van der Waals surface area contributed by atoms with E-state index in [1.54, 1.807) is 0 Å². The standard InChI is InChI=1S/C13H19BrN2O2/c14-11-3-1-10(2-4-11)13(7-15)16-5-6-18-12(8-16)9-17/h1-4,12-13,17H,5-9,15H2. The molecule has 2 unspecified atom stereocenters. The lowest BCUT2D eigenvalue weighted by atomic mass is 10.0. The Balaban J connectivity index is 2.10. The summed E-state index contributed by atoms with van der Waals surface area (Å²) in [6.45, 7) is 2.87. The van der Waals surface area contributed by atoms with Crippen molar-refractivity contribution in [2.45, 2.75) is 12.1 Å². The zero-order valence-corrected chi connectivity index (χ0v) is 11.8. The Kier molecular flexibility index (Phi) is 5.14. The number of morpholine rings is 1. The summed E-state index contributed by atoms with van der Waals surface area (Å²) in [6, 6.07) is 8.43. The van der Waals surface area contributed by atoms with Gasteiger partial charge in [-0.1, -0.05) is 28.1 Å². The van der Waals surface area contributed by atoms with Crippen molar-refractivity contribution in [1.82, 2.24) is 4.90 Å². The first kappa shape index (κ1) is 14.0. The Hall–Kier alpha value is -0.460. The maximum atomic E-state index is 9.18. The van der Waals surface area contributed by atoms with Crippen LogP contribution in [0.3, 0.4) is 0 Å². The predicted molar refractivity (Wildman–Crippen MR) is 74.3 cm³/mol. The molecule has 0 saturated carbocycles. The number of nitrogens with two attached hydrogens (primary N) is 1. The topological polar surface area (TPSA) is 58.7 Å². The van der Waals surface area contributed by atoms with Crippen LogP contribution in [0.1, 0.15) is 11.6 Å². The molecule has 1 heterocycles. The van der Waals surface area contributed by atoms with Crippen molar-refractivity contribution >= 4 is 15.9 Å². The van der Waals surface area contributed by atoms with Crippen molar-refractivity contribution in [1.29, 1.82) is 0 Å². The fourth-order valence-corrected chi connectivity index (χ4v) is 2.58. The van der Waals surface area contributed by atoms with Crippen molar-refractivity contribution in [3.63, 3.8) is 0 Å². The van der Waals surface area contributed by atoms with E-state index in [0.717, 1.165) is 17.6 Å². The fraction of sp³-hybridized carbons (Fsp3) is 0.538. The van der Waals surface area contributed by atoms with Crippen LogP contribution in [-0.2, 0) is 4.74 Å². The molecule has 0 bridgehead atoms. The fourth-order valence-electron chi connectivity index (χ4n) is 2.32. The smallest absolute Gasteiger partial charge is 0.0933 e. The van der Waals surface area contributed by atoms with Gasteiger partial charge < -0.3 is 15.6 Å². The van der Waals surface area contributed by atoms with E-state index in [4.69, 9.17) is 10.5 Å². The molecule has 100 valence electrons. The van der Waals surface area contributed by atoms with Gasteiger partial charge in [0.1, 0.15) is 0 Å². The van der Waals surface area contributed by atoms with Crippen molar-refractivity contribution in [3.8, 4) is 0 Å². The highest BCUT2D eigenvalue weighted by molar-refractivity contribution is 9.10. The molecule has 1 aromatic carbocycles. The van der Waals surface area contributed by atoms with Gasteiger partial charge in [-0.15, -0.1) is 0 Å². The maximum absolute atomic E-state index is 9.18. The molecule has 2 rings (SSSR count). The molecular weight excluding hydrogens is 296 g/mol. The van der Waals surface area contributed by atoms with Gasteiger partial charge in [-0.25, -0.2) is 0 Å². The molecule has 18 heavy (non-hydrogen) atoms. The lowest BCUT2D eigenvalue weighted by molar-refractivity contribution is -0.0643. The first-order chi connectivity index (χ1) is 8.74. The highest BCUT2D eigenvalue weighted by atomic mass is 79.9. The zero-order valence-electron chi connectivity index (χ0n) is 10.3. The van der Waals surface area contributed by atoms with E-state index < -0.39 is 0 Å². The van der Waals surface area contributed by atoms with Crippen molar-refractivity contribution in [2.75, 3.05) is 32.8 Å². The second-order valence-corrected chi connectivity index (χ2v) is 5.39. The van der Waals surface area contributed by atoms with Crippen LogP contribution in [0.15, 0.2) is 28.7 Å². The van der Waals surface area contributed by atoms with Crippen LogP contribution in [0.4, 0.5) is 0 Å². The van der Waals surface area contributed by atoms with E-state index in [1.807, 2.05) is 12.1 Å². The van der Waals surface area contributed by atoms with Gasteiger partial charge in [0.2, 0.25) is 0 Å². The number of rotatable bonds is 4. The van der Waals surface area contributed by atoms with Gasteiger partial charge in [0.15, 0.2) is 0 Å². The Morgan fingerprint density at radius 2 is 2.17 bits per heavy atom. The summed E-state index contributed by atoms with van der Waals surface area (Å²) < 4.78 is 6.53. The number of nitrogens with zero attached hydrogens (tertiary/aromatic N) is 1. The Labute approximate surface area is 116 Å². The molecule has 4 nitrogen and oxygen atoms in total. The molecule has 1 saturated heterocycles. The molecule has 5 heteroatoms. The van der Waals surface area contributed by atoms with Crippen LogP contribution in [0, 0.1) is 0 Å². The van der Waals surface area contributed by atoms with E-state index >= 15 is 0 Å².